The summed E-state index contributed by atoms with van der Waals surface area (Å²) >= 11 is 0. The van der Waals surface area contributed by atoms with E-state index >= 15 is 0 Å². The molecule has 3 N–H and O–H groups in total. The second kappa shape index (κ2) is 9.21. The molecule has 0 atom stereocenters. The third-order valence-corrected chi connectivity index (χ3v) is 7.77. The molecule has 39 heavy (non-hydrogen) atoms. The van der Waals surface area contributed by atoms with Crippen LogP contribution < -0.4 is 11.1 Å². The van der Waals surface area contributed by atoms with Gasteiger partial charge in [-0.1, -0.05) is 54.6 Å². The Balaban J connectivity index is 1.67. The third kappa shape index (κ3) is 4.26. The molecule has 1 aliphatic carbocycles. The number of ketones is 3. The molecule has 0 unspecified atom stereocenters. The normalized spacial score (nSPS) is 13.0. The fraction of sp³-hybridized carbons (Fsp3) is 0.0357. The fourth-order valence-electron chi connectivity index (χ4n) is 4.36. The molecule has 0 amide bonds. The maximum atomic E-state index is 13.5. The second-order valence-electron chi connectivity index (χ2n) is 8.63. The van der Waals surface area contributed by atoms with Crippen LogP contribution in [0.15, 0.2) is 89.8 Å². The molecule has 4 aromatic carbocycles. The van der Waals surface area contributed by atoms with Gasteiger partial charge >= 0.3 is 5.51 Å². The molecule has 0 bridgehead atoms. The van der Waals surface area contributed by atoms with Crippen molar-refractivity contribution in [2.75, 3.05) is 11.1 Å². The highest BCUT2D eigenvalue weighted by atomic mass is 32.2. The maximum absolute atomic E-state index is 13.5. The summed E-state index contributed by atoms with van der Waals surface area (Å²) in [6, 6.07) is 19.2. The molecule has 0 saturated heterocycles. The Bertz CT molecular complexity index is 1780. The third-order valence-electron chi connectivity index (χ3n) is 6.27. The monoisotopic (exact) mass is 550 g/mol. The van der Waals surface area contributed by atoms with Gasteiger partial charge in [-0.05, 0) is 30.3 Å². The van der Waals surface area contributed by atoms with E-state index in [9.17, 15) is 36.0 Å². The number of hydrogen-bond acceptors (Lipinski definition) is 7. The average Bonchev–Trinajstić information content (AvgIpc) is 2.92. The number of fused-ring (bicyclic) bond motifs is 2. The number of anilines is 3. The average molecular weight is 551 g/mol. The van der Waals surface area contributed by atoms with Crippen molar-refractivity contribution in [1.29, 1.82) is 0 Å². The summed E-state index contributed by atoms with van der Waals surface area (Å²) in [5.74, 6) is -1.65. The number of nitrogen functional groups attached to an aromatic ring is 1. The summed E-state index contributed by atoms with van der Waals surface area (Å²) < 4.78 is 62.3. The second-order valence-corrected chi connectivity index (χ2v) is 10.6. The summed E-state index contributed by atoms with van der Waals surface area (Å²) in [4.78, 5) is 39.4. The lowest BCUT2D eigenvalue weighted by atomic mass is 9.80. The van der Waals surface area contributed by atoms with Gasteiger partial charge in [0.25, 0.3) is 9.84 Å². The van der Waals surface area contributed by atoms with Gasteiger partial charge < -0.3 is 11.1 Å². The van der Waals surface area contributed by atoms with Crippen LogP contribution in [0.4, 0.5) is 30.2 Å². The van der Waals surface area contributed by atoms with E-state index in [1.807, 2.05) is 0 Å². The van der Waals surface area contributed by atoms with Gasteiger partial charge in [0, 0.05) is 27.9 Å². The predicted octanol–water partition coefficient (Wildman–Crippen LogP) is 5.31. The van der Waals surface area contributed by atoms with Crippen molar-refractivity contribution in [3.63, 3.8) is 0 Å². The highest BCUT2D eigenvalue weighted by Gasteiger charge is 2.46. The number of hydrogen-bond donors (Lipinski definition) is 2. The first-order chi connectivity index (χ1) is 18.4. The van der Waals surface area contributed by atoms with Gasteiger partial charge in [-0.2, -0.15) is 13.2 Å². The van der Waals surface area contributed by atoms with E-state index in [1.54, 1.807) is 42.5 Å². The standard InChI is InChI=1S/C28H17F3N2O5S/c29-28(30,31)39(37,38)17-12-10-16(11-13-17)33-21-14-20(25(34)15-6-2-1-3-7-15)24(32)23-22(21)26(35)18-8-4-5-9-19(18)27(23)36/h1-14,33H,32H2. The van der Waals surface area contributed by atoms with Crippen LogP contribution in [0, 0.1) is 0 Å². The highest BCUT2D eigenvalue weighted by Crippen LogP contribution is 2.39. The molecule has 0 fully saturated rings. The largest absolute Gasteiger partial charge is 0.501 e. The van der Waals surface area contributed by atoms with Crippen LogP contribution in [0.3, 0.4) is 0 Å². The molecule has 4 aromatic rings. The molecule has 0 saturated carbocycles. The lowest BCUT2D eigenvalue weighted by Crippen LogP contribution is -2.25. The van der Waals surface area contributed by atoms with Gasteiger partial charge in [0.15, 0.2) is 17.3 Å². The summed E-state index contributed by atoms with van der Waals surface area (Å²) in [6.45, 7) is 0. The maximum Gasteiger partial charge on any atom is 0.501 e. The lowest BCUT2D eigenvalue weighted by molar-refractivity contribution is -0.0436. The summed E-state index contributed by atoms with van der Waals surface area (Å²) in [5.41, 5.74) is 0.879. The number of carbonyl (C=O) groups excluding carboxylic acids is 3. The Kier molecular flexibility index (Phi) is 6.11. The van der Waals surface area contributed by atoms with Crippen LogP contribution in [0.25, 0.3) is 0 Å². The van der Waals surface area contributed by atoms with E-state index in [0.717, 1.165) is 24.3 Å². The van der Waals surface area contributed by atoms with Gasteiger partial charge in [0.05, 0.1) is 27.4 Å². The van der Waals surface area contributed by atoms with Crippen molar-refractivity contribution in [3.8, 4) is 0 Å². The first kappa shape index (κ1) is 25.9. The molecular weight excluding hydrogens is 533 g/mol. The zero-order valence-corrected chi connectivity index (χ0v) is 20.6. The van der Waals surface area contributed by atoms with E-state index in [0.29, 0.717) is 0 Å². The molecule has 1 aliphatic rings. The SMILES string of the molecule is Nc1c(C(=O)c2ccccc2)cc(Nc2ccc(S(=O)(=O)C(F)(F)F)cc2)c2c1C(=O)c1ccccc1C2=O. The fourth-order valence-corrected chi connectivity index (χ4v) is 5.12. The van der Waals surface area contributed by atoms with Crippen molar-refractivity contribution in [3.05, 3.63) is 118 Å². The molecule has 0 radical (unpaired) electrons. The van der Waals surface area contributed by atoms with Crippen molar-refractivity contribution in [2.45, 2.75) is 10.4 Å². The molecule has 5 rings (SSSR count). The first-order valence-electron chi connectivity index (χ1n) is 11.3. The molecule has 0 aliphatic heterocycles. The van der Waals surface area contributed by atoms with Crippen LogP contribution in [-0.4, -0.2) is 31.3 Å². The van der Waals surface area contributed by atoms with E-state index in [-0.39, 0.29) is 50.4 Å². The number of benzene rings is 4. The van der Waals surface area contributed by atoms with Crippen LogP contribution in [-0.2, 0) is 9.84 Å². The summed E-state index contributed by atoms with van der Waals surface area (Å²) in [7, 11) is -5.57. The smallest absolute Gasteiger partial charge is 0.398 e. The van der Waals surface area contributed by atoms with E-state index < -0.39 is 37.6 Å². The molecule has 196 valence electrons. The molecule has 11 heteroatoms. The van der Waals surface area contributed by atoms with Crippen LogP contribution >= 0.6 is 0 Å². The van der Waals surface area contributed by atoms with Gasteiger partial charge in [-0.15, -0.1) is 0 Å². The Labute approximate surface area is 220 Å². The van der Waals surface area contributed by atoms with Gasteiger partial charge in [0.1, 0.15) is 0 Å². The molecule has 0 heterocycles. The minimum atomic E-state index is -5.57. The van der Waals surface area contributed by atoms with Crippen molar-refractivity contribution < 1.29 is 36.0 Å². The molecular formula is C28H17F3N2O5S. The lowest BCUT2D eigenvalue weighted by Gasteiger charge is -2.24. The Hall–Kier alpha value is -4.77. The first-order valence-corrected chi connectivity index (χ1v) is 12.8. The molecule has 0 spiro atoms. The van der Waals surface area contributed by atoms with Crippen molar-refractivity contribution in [1.82, 2.24) is 0 Å². The Morgan fingerprint density at radius 2 is 1.31 bits per heavy atom. The van der Waals surface area contributed by atoms with Gasteiger partial charge in [0.2, 0.25) is 0 Å². The van der Waals surface area contributed by atoms with E-state index in [1.165, 1.54) is 18.2 Å². The Morgan fingerprint density at radius 3 is 1.87 bits per heavy atom. The van der Waals surface area contributed by atoms with Gasteiger partial charge in [-0.3, -0.25) is 14.4 Å². The van der Waals surface area contributed by atoms with E-state index in [4.69, 9.17) is 5.73 Å². The molecule has 0 aromatic heterocycles. The number of alkyl halides is 3. The predicted molar refractivity (Wildman–Crippen MR) is 137 cm³/mol. The van der Waals surface area contributed by atoms with Crippen molar-refractivity contribution >= 4 is 44.2 Å². The number of nitrogens with one attached hydrogen (secondary N) is 1. The van der Waals surface area contributed by atoms with Gasteiger partial charge in [-0.25, -0.2) is 8.42 Å². The zero-order valence-electron chi connectivity index (χ0n) is 19.7. The highest BCUT2D eigenvalue weighted by molar-refractivity contribution is 7.92. The number of rotatable bonds is 5. The van der Waals surface area contributed by atoms with Crippen LogP contribution in [0.5, 0.6) is 0 Å². The van der Waals surface area contributed by atoms with Crippen LogP contribution in [0.1, 0.15) is 47.8 Å². The minimum Gasteiger partial charge on any atom is -0.398 e. The van der Waals surface area contributed by atoms with E-state index in [2.05, 4.69) is 5.32 Å². The minimum absolute atomic E-state index is 0.00207. The number of sulfone groups is 1. The number of nitrogens with two attached hydrogens (primary N) is 1. The van der Waals surface area contributed by atoms with Crippen LogP contribution in [0.2, 0.25) is 0 Å². The Morgan fingerprint density at radius 1 is 0.769 bits per heavy atom. The molecule has 7 nitrogen and oxygen atoms in total. The quantitative estimate of drug-likeness (QED) is 0.225. The van der Waals surface area contributed by atoms with Crippen molar-refractivity contribution in [2.24, 2.45) is 0 Å². The topological polar surface area (TPSA) is 123 Å². The summed E-state index contributed by atoms with van der Waals surface area (Å²) in [5, 5.41) is 2.85. The number of carbonyl (C=O) groups is 3. The zero-order chi connectivity index (χ0) is 28.1. The number of halogens is 3. The summed E-state index contributed by atoms with van der Waals surface area (Å²) in [6.07, 6.45) is 0.